The summed E-state index contributed by atoms with van der Waals surface area (Å²) in [5, 5.41) is 9.09. The van der Waals surface area contributed by atoms with E-state index in [2.05, 4.69) is 0 Å². The molecule has 3 N–H and O–H groups in total. The van der Waals surface area contributed by atoms with Crippen LogP contribution in [0.3, 0.4) is 0 Å². The Kier molecular flexibility index (Phi) is 4.13. The van der Waals surface area contributed by atoms with Crippen LogP contribution in [0, 0.1) is 11.8 Å². The van der Waals surface area contributed by atoms with Crippen molar-refractivity contribution in [3.05, 3.63) is 0 Å². The highest BCUT2D eigenvalue weighted by atomic mass is 16.4. The van der Waals surface area contributed by atoms with E-state index < -0.39 is 11.9 Å². The predicted molar refractivity (Wildman–Crippen MR) is 71.5 cm³/mol. The molecule has 2 atom stereocenters. The topological polar surface area (TPSA) is 83.6 Å². The number of hydrogen-bond acceptors (Lipinski definition) is 3. The molecule has 5 nitrogen and oxygen atoms in total. The molecule has 2 fully saturated rings. The third-order valence-electron chi connectivity index (χ3n) is 4.63. The Balaban J connectivity index is 1.92. The third kappa shape index (κ3) is 3.26. The Morgan fingerprint density at radius 3 is 2.42 bits per heavy atom. The van der Waals surface area contributed by atoms with Crippen molar-refractivity contribution in [2.75, 3.05) is 13.1 Å². The number of nitrogens with zero attached hydrogens (tertiary/aromatic N) is 1. The molecular formula is C14H24N2O3. The Morgan fingerprint density at radius 1 is 1.26 bits per heavy atom. The first kappa shape index (κ1) is 14.3. The van der Waals surface area contributed by atoms with Crippen LogP contribution in [-0.2, 0) is 9.59 Å². The lowest BCUT2D eigenvalue weighted by Crippen LogP contribution is -2.46. The Bertz CT molecular complexity index is 364. The average Bonchev–Trinajstić information content (AvgIpc) is 2.72. The maximum atomic E-state index is 12.3. The van der Waals surface area contributed by atoms with Crippen molar-refractivity contribution in [3.8, 4) is 0 Å². The fourth-order valence-electron chi connectivity index (χ4n) is 3.34. The van der Waals surface area contributed by atoms with Crippen LogP contribution in [0.4, 0.5) is 0 Å². The zero-order valence-corrected chi connectivity index (χ0v) is 11.6. The van der Waals surface area contributed by atoms with E-state index in [9.17, 15) is 9.59 Å². The number of amides is 1. The minimum Gasteiger partial charge on any atom is -0.481 e. The van der Waals surface area contributed by atoms with Crippen molar-refractivity contribution in [2.24, 2.45) is 17.6 Å². The van der Waals surface area contributed by atoms with Gasteiger partial charge >= 0.3 is 5.97 Å². The summed E-state index contributed by atoms with van der Waals surface area (Å²) in [5.41, 5.74) is 5.93. The van der Waals surface area contributed by atoms with Gasteiger partial charge in [-0.25, -0.2) is 0 Å². The van der Waals surface area contributed by atoms with Crippen LogP contribution in [0.15, 0.2) is 0 Å². The highest BCUT2D eigenvalue weighted by Crippen LogP contribution is 2.31. The first-order valence-electron chi connectivity index (χ1n) is 7.21. The van der Waals surface area contributed by atoms with Crippen LogP contribution >= 0.6 is 0 Å². The van der Waals surface area contributed by atoms with Gasteiger partial charge in [-0.1, -0.05) is 26.2 Å². The number of carbonyl (C=O) groups is 2. The SMILES string of the molecule is C[C@@H]1CN(C(=O)CC2(N)CCCCC2)C[C@H]1C(=O)O. The van der Waals surface area contributed by atoms with Gasteiger partial charge < -0.3 is 15.7 Å². The summed E-state index contributed by atoms with van der Waals surface area (Å²) in [6.45, 7) is 2.78. The highest BCUT2D eigenvalue weighted by molar-refractivity contribution is 5.80. The van der Waals surface area contributed by atoms with E-state index in [0.717, 1.165) is 25.7 Å². The third-order valence-corrected chi connectivity index (χ3v) is 4.63. The second-order valence-corrected chi connectivity index (χ2v) is 6.32. The van der Waals surface area contributed by atoms with Crippen molar-refractivity contribution in [2.45, 2.75) is 51.0 Å². The highest BCUT2D eigenvalue weighted by Gasteiger charge is 2.39. The normalized spacial score (nSPS) is 30.3. The van der Waals surface area contributed by atoms with Crippen molar-refractivity contribution in [3.63, 3.8) is 0 Å². The van der Waals surface area contributed by atoms with Gasteiger partial charge in [0.25, 0.3) is 0 Å². The summed E-state index contributed by atoms with van der Waals surface area (Å²) < 4.78 is 0. The molecule has 0 radical (unpaired) electrons. The maximum absolute atomic E-state index is 12.3. The number of carbonyl (C=O) groups excluding carboxylic acids is 1. The Morgan fingerprint density at radius 2 is 1.89 bits per heavy atom. The van der Waals surface area contributed by atoms with Crippen molar-refractivity contribution < 1.29 is 14.7 Å². The molecule has 1 saturated heterocycles. The van der Waals surface area contributed by atoms with E-state index in [4.69, 9.17) is 10.8 Å². The molecule has 0 spiro atoms. The molecule has 0 aromatic rings. The van der Waals surface area contributed by atoms with Gasteiger partial charge in [-0.05, 0) is 18.8 Å². The van der Waals surface area contributed by atoms with Gasteiger partial charge in [-0.2, -0.15) is 0 Å². The zero-order valence-electron chi connectivity index (χ0n) is 11.6. The number of rotatable bonds is 3. The number of nitrogens with two attached hydrogens (primary N) is 1. The average molecular weight is 268 g/mol. The van der Waals surface area contributed by atoms with E-state index in [0.29, 0.717) is 19.5 Å². The number of likely N-dealkylation sites (tertiary alicyclic amines) is 1. The molecule has 0 aromatic heterocycles. The second kappa shape index (κ2) is 5.49. The van der Waals surface area contributed by atoms with Crippen LogP contribution in [0.5, 0.6) is 0 Å². The molecule has 2 aliphatic rings. The minimum absolute atomic E-state index is 0.0278. The molecule has 19 heavy (non-hydrogen) atoms. The van der Waals surface area contributed by atoms with Crippen LogP contribution in [-0.4, -0.2) is 40.5 Å². The van der Waals surface area contributed by atoms with Gasteiger partial charge in [-0.15, -0.1) is 0 Å². The largest absolute Gasteiger partial charge is 0.481 e. The van der Waals surface area contributed by atoms with Gasteiger partial charge in [0.2, 0.25) is 5.91 Å². The smallest absolute Gasteiger partial charge is 0.308 e. The molecule has 1 aliphatic carbocycles. The molecule has 2 rings (SSSR count). The number of carboxylic acids is 1. The summed E-state index contributed by atoms with van der Waals surface area (Å²) >= 11 is 0. The lowest BCUT2D eigenvalue weighted by Gasteiger charge is -2.34. The quantitative estimate of drug-likeness (QED) is 0.806. The predicted octanol–water partition coefficient (Wildman–Crippen LogP) is 1.22. The maximum Gasteiger partial charge on any atom is 0.308 e. The van der Waals surface area contributed by atoms with Crippen molar-refractivity contribution >= 4 is 11.9 Å². The van der Waals surface area contributed by atoms with E-state index in [-0.39, 0.29) is 17.4 Å². The fraction of sp³-hybridized carbons (Fsp3) is 0.857. The number of carboxylic acid groups (broad SMARTS) is 1. The lowest BCUT2D eigenvalue weighted by atomic mass is 9.80. The molecule has 108 valence electrons. The summed E-state index contributed by atoms with van der Waals surface area (Å²) in [6.07, 6.45) is 5.58. The standard InChI is InChI=1S/C14H24N2O3/c1-10-8-16(9-11(10)13(18)19)12(17)7-14(15)5-3-2-4-6-14/h10-11H,2-9,15H2,1H3,(H,18,19)/t10-,11-/m1/s1. The molecule has 1 amide bonds. The minimum atomic E-state index is -0.803. The summed E-state index contributed by atoms with van der Waals surface area (Å²) in [5.74, 6) is -1.17. The van der Waals surface area contributed by atoms with Gasteiger partial charge in [-0.3, -0.25) is 9.59 Å². The molecule has 0 unspecified atom stereocenters. The molecule has 1 aliphatic heterocycles. The molecule has 0 bridgehead atoms. The summed E-state index contributed by atoms with van der Waals surface area (Å²) in [6, 6.07) is 0. The van der Waals surface area contributed by atoms with Crippen LogP contribution < -0.4 is 5.73 Å². The van der Waals surface area contributed by atoms with Gasteiger partial charge in [0.15, 0.2) is 0 Å². The van der Waals surface area contributed by atoms with Crippen LogP contribution in [0.2, 0.25) is 0 Å². The molecular weight excluding hydrogens is 244 g/mol. The number of hydrogen-bond donors (Lipinski definition) is 2. The number of aliphatic carboxylic acids is 1. The summed E-state index contributed by atoms with van der Waals surface area (Å²) in [7, 11) is 0. The zero-order chi connectivity index (χ0) is 14.0. The van der Waals surface area contributed by atoms with E-state index in [1.807, 2.05) is 6.92 Å². The summed E-state index contributed by atoms with van der Waals surface area (Å²) in [4.78, 5) is 25.0. The molecule has 5 heteroatoms. The van der Waals surface area contributed by atoms with E-state index in [1.165, 1.54) is 6.42 Å². The lowest BCUT2D eigenvalue weighted by molar-refractivity contribution is -0.142. The molecule has 1 saturated carbocycles. The first-order valence-corrected chi connectivity index (χ1v) is 7.21. The van der Waals surface area contributed by atoms with Crippen LogP contribution in [0.25, 0.3) is 0 Å². The van der Waals surface area contributed by atoms with Crippen molar-refractivity contribution in [1.29, 1.82) is 0 Å². The van der Waals surface area contributed by atoms with Gasteiger partial charge in [0.1, 0.15) is 0 Å². The Hall–Kier alpha value is -1.10. The van der Waals surface area contributed by atoms with Crippen LogP contribution in [0.1, 0.15) is 45.4 Å². The molecule has 0 aromatic carbocycles. The van der Waals surface area contributed by atoms with E-state index >= 15 is 0 Å². The first-order chi connectivity index (χ1) is 8.91. The van der Waals surface area contributed by atoms with Gasteiger partial charge in [0.05, 0.1) is 5.92 Å². The molecule has 1 heterocycles. The van der Waals surface area contributed by atoms with E-state index in [1.54, 1.807) is 4.90 Å². The van der Waals surface area contributed by atoms with Gasteiger partial charge in [0, 0.05) is 25.0 Å². The van der Waals surface area contributed by atoms with Crippen molar-refractivity contribution in [1.82, 2.24) is 4.90 Å². The second-order valence-electron chi connectivity index (χ2n) is 6.32. The Labute approximate surface area is 114 Å². The monoisotopic (exact) mass is 268 g/mol. The fourth-order valence-corrected chi connectivity index (χ4v) is 3.34.